The van der Waals surface area contributed by atoms with Crippen LogP contribution in [0.3, 0.4) is 0 Å². The van der Waals surface area contributed by atoms with Crippen LogP contribution < -0.4 is 5.56 Å². The Kier molecular flexibility index (Phi) is 8.44. The van der Waals surface area contributed by atoms with Crippen LogP contribution in [-0.2, 0) is 13.8 Å². The zero-order valence-electron chi connectivity index (χ0n) is 13.4. The Balaban J connectivity index is 0.00000156. The topological polar surface area (TPSA) is 180 Å². The number of aliphatic hydroxyl groups is 2. The van der Waals surface area contributed by atoms with E-state index in [2.05, 4.69) is 19.5 Å². The van der Waals surface area contributed by atoms with Crippen LogP contribution >= 0.6 is 7.82 Å². The standard InChI is InChI=1S/C10H13N4O8P.2Na/c15-1-4-7(22-23(18,19)20)6(16)10(21-4)14-3-13-5-8(14)11-2-12-9(5)17;;/h2-4,6-7,10,15-16H,1H2,(H,11,12,17)(H2,18,19,20);;/t4-,6-,7-,10-;;/m1../s1. The molecule has 3 rings (SSSR count). The maximum absolute atomic E-state index is 11.6. The van der Waals surface area contributed by atoms with E-state index in [1.54, 1.807) is 0 Å². The Morgan fingerprint density at radius 3 is 2.64 bits per heavy atom. The predicted octanol–water partition coefficient (Wildman–Crippen LogP) is -2.91. The average molecular weight is 394 g/mol. The number of rotatable bonds is 4. The Hall–Kier alpha value is 0.340. The van der Waals surface area contributed by atoms with Gasteiger partial charge in [0.2, 0.25) is 0 Å². The monoisotopic (exact) mass is 394 g/mol. The quantitative estimate of drug-likeness (QED) is 0.266. The summed E-state index contributed by atoms with van der Waals surface area (Å²) in [5.41, 5.74) is -0.391. The van der Waals surface area contributed by atoms with E-state index in [9.17, 15) is 19.6 Å². The molecule has 2 radical (unpaired) electrons. The second-order valence-corrected chi connectivity index (χ2v) is 6.05. The third-order valence-corrected chi connectivity index (χ3v) is 3.91. The van der Waals surface area contributed by atoms with Gasteiger partial charge in [0.25, 0.3) is 5.56 Å². The van der Waals surface area contributed by atoms with Gasteiger partial charge in [-0.1, -0.05) is 0 Å². The number of phosphoric acid groups is 1. The number of hydrogen-bond acceptors (Lipinski definition) is 8. The summed E-state index contributed by atoms with van der Waals surface area (Å²) in [5.74, 6) is 0. The number of nitrogens with zero attached hydrogens (tertiary/aromatic N) is 3. The van der Waals surface area contributed by atoms with Crippen molar-refractivity contribution in [2.45, 2.75) is 24.5 Å². The van der Waals surface area contributed by atoms with Crippen LogP contribution in [0.15, 0.2) is 17.4 Å². The molecule has 0 aliphatic carbocycles. The summed E-state index contributed by atoms with van der Waals surface area (Å²) in [6.45, 7) is -0.640. The third-order valence-electron chi connectivity index (χ3n) is 3.39. The average Bonchev–Trinajstić information content (AvgIpc) is 3.01. The molecule has 0 saturated carbocycles. The first-order valence-electron chi connectivity index (χ1n) is 6.40. The summed E-state index contributed by atoms with van der Waals surface area (Å²) in [7, 11) is -4.91. The fraction of sp³-hybridized carbons (Fsp3) is 0.500. The van der Waals surface area contributed by atoms with E-state index < -0.39 is 44.5 Å². The van der Waals surface area contributed by atoms with Crippen molar-refractivity contribution in [2.75, 3.05) is 6.61 Å². The summed E-state index contributed by atoms with van der Waals surface area (Å²) in [5, 5.41) is 19.5. The third kappa shape index (κ3) is 4.79. The van der Waals surface area contributed by atoms with Crippen LogP contribution in [0.4, 0.5) is 0 Å². The fourth-order valence-electron chi connectivity index (χ4n) is 2.43. The molecule has 5 N–H and O–H groups in total. The van der Waals surface area contributed by atoms with E-state index in [1.807, 2.05) is 0 Å². The SMILES string of the molecule is O=c1[nH]cnc2c1ncn2[C@@H]1O[C@H](CO)[C@@H](OP(=O)(O)O)[C@H]1O.[Na].[Na]. The first kappa shape index (κ1) is 23.4. The van der Waals surface area contributed by atoms with Crippen molar-refractivity contribution in [3.05, 3.63) is 23.0 Å². The molecule has 2 aromatic rings. The van der Waals surface area contributed by atoms with E-state index in [-0.39, 0.29) is 70.3 Å². The van der Waals surface area contributed by atoms with Crippen LogP contribution in [0.5, 0.6) is 0 Å². The smallest absolute Gasteiger partial charge is 0.394 e. The van der Waals surface area contributed by atoms with Crippen molar-refractivity contribution in [2.24, 2.45) is 0 Å². The van der Waals surface area contributed by atoms with Gasteiger partial charge in [0.15, 0.2) is 17.4 Å². The van der Waals surface area contributed by atoms with Gasteiger partial charge in [-0.2, -0.15) is 0 Å². The summed E-state index contributed by atoms with van der Waals surface area (Å²) in [4.78, 5) is 39.5. The number of ether oxygens (including phenoxy) is 1. The van der Waals surface area contributed by atoms with Gasteiger partial charge in [-0.05, 0) is 0 Å². The Morgan fingerprint density at radius 2 is 2.04 bits per heavy atom. The molecule has 12 nitrogen and oxygen atoms in total. The van der Waals surface area contributed by atoms with E-state index >= 15 is 0 Å². The Labute approximate surface area is 184 Å². The van der Waals surface area contributed by atoms with Crippen molar-refractivity contribution in [3.8, 4) is 0 Å². The predicted molar refractivity (Wildman–Crippen MR) is 83.6 cm³/mol. The molecular weight excluding hydrogens is 381 g/mol. The first-order valence-corrected chi connectivity index (χ1v) is 7.93. The number of imidazole rings is 1. The number of phosphoric ester groups is 1. The molecular formula is C10H13N4Na2O8P. The van der Waals surface area contributed by atoms with Gasteiger partial charge < -0.3 is 29.7 Å². The Bertz CT molecular complexity index is 825. The summed E-state index contributed by atoms with van der Waals surface area (Å²) in [6.07, 6.45) is -3.04. The van der Waals surface area contributed by atoms with E-state index in [0.29, 0.717) is 0 Å². The number of H-pyrrole nitrogens is 1. The molecule has 0 amide bonds. The molecule has 25 heavy (non-hydrogen) atoms. The fourth-order valence-corrected chi connectivity index (χ4v) is 3.01. The molecule has 3 heterocycles. The van der Waals surface area contributed by atoms with Crippen LogP contribution in [0.25, 0.3) is 11.2 Å². The van der Waals surface area contributed by atoms with Crippen LogP contribution in [0.1, 0.15) is 6.23 Å². The zero-order valence-corrected chi connectivity index (χ0v) is 18.3. The molecule has 1 aliphatic rings. The first-order chi connectivity index (χ1) is 10.8. The van der Waals surface area contributed by atoms with Crippen molar-refractivity contribution in [3.63, 3.8) is 0 Å². The maximum atomic E-state index is 11.6. The minimum atomic E-state index is -4.91. The molecule has 0 spiro atoms. The summed E-state index contributed by atoms with van der Waals surface area (Å²) >= 11 is 0. The number of aromatic amines is 1. The molecule has 0 aromatic carbocycles. The largest absolute Gasteiger partial charge is 0.470 e. The molecule has 1 saturated heterocycles. The summed E-state index contributed by atoms with van der Waals surface area (Å²) in [6, 6.07) is 0. The Morgan fingerprint density at radius 1 is 1.36 bits per heavy atom. The maximum Gasteiger partial charge on any atom is 0.470 e. The van der Waals surface area contributed by atoms with Gasteiger partial charge in [0.05, 0.1) is 19.3 Å². The number of aliphatic hydroxyl groups excluding tert-OH is 2. The number of nitrogens with one attached hydrogen (secondary N) is 1. The number of aromatic nitrogens is 4. The molecule has 15 heteroatoms. The normalized spacial score (nSPS) is 26.2. The van der Waals surface area contributed by atoms with Crippen molar-refractivity contribution in [1.82, 2.24) is 19.5 Å². The van der Waals surface area contributed by atoms with Gasteiger partial charge in [-0.25, -0.2) is 14.5 Å². The number of hydrogen-bond donors (Lipinski definition) is 5. The van der Waals surface area contributed by atoms with Crippen molar-refractivity contribution < 1.29 is 33.8 Å². The van der Waals surface area contributed by atoms with Gasteiger partial charge in [-0.15, -0.1) is 0 Å². The van der Waals surface area contributed by atoms with Crippen molar-refractivity contribution >= 4 is 78.1 Å². The minimum Gasteiger partial charge on any atom is -0.394 e. The number of fused-ring (bicyclic) bond motifs is 1. The van der Waals surface area contributed by atoms with E-state index in [1.165, 1.54) is 10.9 Å². The van der Waals surface area contributed by atoms with Gasteiger partial charge in [-0.3, -0.25) is 13.9 Å². The summed E-state index contributed by atoms with van der Waals surface area (Å²) < 4.78 is 22.1. The van der Waals surface area contributed by atoms with Gasteiger partial charge >= 0.3 is 7.82 Å². The molecule has 0 bridgehead atoms. The molecule has 4 atom stereocenters. The van der Waals surface area contributed by atoms with E-state index in [0.717, 1.165) is 6.33 Å². The van der Waals surface area contributed by atoms with E-state index in [4.69, 9.17) is 14.5 Å². The molecule has 2 aromatic heterocycles. The molecule has 128 valence electrons. The van der Waals surface area contributed by atoms with Gasteiger partial charge in [0.1, 0.15) is 18.3 Å². The second-order valence-electron chi connectivity index (χ2n) is 4.85. The van der Waals surface area contributed by atoms with Crippen LogP contribution in [0.2, 0.25) is 0 Å². The molecule has 0 unspecified atom stereocenters. The van der Waals surface area contributed by atoms with Crippen LogP contribution in [0, 0.1) is 0 Å². The van der Waals surface area contributed by atoms with Gasteiger partial charge in [0, 0.05) is 59.1 Å². The second kappa shape index (κ2) is 9.02. The van der Waals surface area contributed by atoms with Crippen LogP contribution in [-0.4, -0.2) is 124 Å². The molecule has 1 aliphatic heterocycles. The van der Waals surface area contributed by atoms with Crippen molar-refractivity contribution in [1.29, 1.82) is 0 Å². The molecule has 1 fully saturated rings. The zero-order chi connectivity index (χ0) is 16.8. The minimum absolute atomic E-state index is 0.